The minimum Gasteiger partial charge on any atom is -0.383 e. The summed E-state index contributed by atoms with van der Waals surface area (Å²) in [7, 11) is 1.69. The first kappa shape index (κ1) is 18.5. The number of rotatable bonds is 7. The van der Waals surface area contributed by atoms with E-state index < -0.39 is 0 Å². The van der Waals surface area contributed by atoms with Gasteiger partial charge in [-0.25, -0.2) is 9.97 Å². The van der Waals surface area contributed by atoms with Gasteiger partial charge >= 0.3 is 0 Å². The fraction of sp³-hybridized carbons (Fsp3) is 0.400. The van der Waals surface area contributed by atoms with Crippen molar-refractivity contribution in [1.82, 2.24) is 30.0 Å². The fourth-order valence-electron chi connectivity index (χ4n) is 3.43. The number of hydrogen-bond donors (Lipinski definition) is 2. The number of methoxy groups -OCH3 is 1. The quantitative estimate of drug-likeness (QED) is 0.650. The highest BCUT2D eigenvalue weighted by molar-refractivity contribution is 5.60. The molecule has 0 amide bonds. The SMILES string of the molecule is COCCn1cnnc1[C@H](C)Nc1nc(-c2ccccc2)nc2c1CCNC2. The van der Waals surface area contributed by atoms with Gasteiger partial charge in [0.2, 0.25) is 0 Å². The Morgan fingerprint density at radius 1 is 1.25 bits per heavy atom. The molecule has 0 radical (unpaired) electrons. The Morgan fingerprint density at radius 3 is 2.93 bits per heavy atom. The maximum Gasteiger partial charge on any atom is 0.161 e. The molecule has 3 heterocycles. The first-order valence-corrected chi connectivity index (χ1v) is 9.55. The summed E-state index contributed by atoms with van der Waals surface area (Å²) >= 11 is 0. The predicted molar refractivity (Wildman–Crippen MR) is 107 cm³/mol. The summed E-state index contributed by atoms with van der Waals surface area (Å²) in [6, 6.07) is 10.0. The lowest BCUT2D eigenvalue weighted by atomic mass is 10.1. The van der Waals surface area contributed by atoms with E-state index in [-0.39, 0.29) is 6.04 Å². The molecule has 3 aromatic rings. The first-order chi connectivity index (χ1) is 13.8. The number of nitrogens with zero attached hydrogens (tertiary/aromatic N) is 5. The van der Waals surface area contributed by atoms with E-state index in [0.717, 1.165) is 48.2 Å². The molecule has 0 saturated heterocycles. The molecule has 1 aromatic carbocycles. The van der Waals surface area contributed by atoms with Crippen LogP contribution < -0.4 is 10.6 Å². The topological polar surface area (TPSA) is 89.8 Å². The Bertz CT molecular complexity index is 926. The van der Waals surface area contributed by atoms with Crippen molar-refractivity contribution in [3.05, 3.63) is 53.7 Å². The third-order valence-electron chi connectivity index (χ3n) is 4.89. The van der Waals surface area contributed by atoms with Gasteiger partial charge in [0.15, 0.2) is 11.6 Å². The Kier molecular flexibility index (Phi) is 5.59. The largest absolute Gasteiger partial charge is 0.383 e. The van der Waals surface area contributed by atoms with Crippen molar-refractivity contribution in [2.24, 2.45) is 0 Å². The second-order valence-electron chi connectivity index (χ2n) is 6.86. The maximum atomic E-state index is 5.18. The van der Waals surface area contributed by atoms with E-state index in [9.17, 15) is 0 Å². The number of anilines is 1. The van der Waals surface area contributed by atoms with Crippen LogP contribution >= 0.6 is 0 Å². The zero-order valence-corrected chi connectivity index (χ0v) is 16.2. The van der Waals surface area contributed by atoms with Crippen LogP contribution in [-0.4, -0.2) is 45.0 Å². The molecule has 2 aromatic heterocycles. The number of ether oxygens (including phenoxy) is 1. The molecule has 0 saturated carbocycles. The second-order valence-corrected chi connectivity index (χ2v) is 6.86. The summed E-state index contributed by atoms with van der Waals surface area (Å²) in [5, 5.41) is 15.3. The normalized spacial score (nSPS) is 14.5. The van der Waals surface area contributed by atoms with E-state index in [0.29, 0.717) is 13.2 Å². The van der Waals surface area contributed by atoms with Crippen molar-refractivity contribution in [1.29, 1.82) is 0 Å². The van der Waals surface area contributed by atoms with Crippen molar-refractivity contribution in [3.8, 4) is 11.4 Å². The van der Waals surface area contributed by atoms with Crippen molar-refractivity contribution in [2.75, 3.05) is 25.6 Å². The van der Waals surface area contributed by atoms with Crippen LogP contribution in [0, 0.1) is 0 Å². The Morgan fingerprint density at radius 2 is 2.11 bits per heavy atom. The molecule has 8 nitrogen and oxygen atoms in total. The lowest BCUT2D eigenvalue weighted by Gasteiger charge is -2.23. The lowest BCUT2D eigenvalue weighted by molar-refractivity contribution is 0.186. The molecular weight excluding hydrogens is 354 g/mol. The van der Waals surface area contributed by atoms with Gasteiger partial charge in [0.1, 0.15) is 12.1 Å². The molecule has 8 heteroatoms. The van der Waals surface area contributed by atoms with E-state index >= 15 is 0 Å². The van der Waals surface area contributed by atoms with E-state index in [1.807, 2.05) is 34.9 Å². The summed E-state index contributed by atoms with van der Waals surface area (Å²) in [5.41, 5.74) is 3.23. The van der Waals surface area contributed by atoms with Gasteiger partial charge in [-0.1, -0.05) is 30.3 Å². The Labute approximate surface area is 164 Å². The molecule has 0 spiro atoms. The van der Waals surface area contributed by atoms with Crippen LogP contribution in [0.25, 0.3) is 11.4 Å². The zero-order chi connectivity index (χ0) is 19.3. The second kappa shape index (κ2) is 8.45. The number of fused-ring (bicyclic) bond motifs is 1. The van der Waals surface area contributed by atoms with Crippen molar-refractivity contribution in [3.63, 3.8) is 0 Å². The van der Waals surface area contributed by atoms with Gasteiger partial charge in [-0.15, -0.1) is 10.2 Å². The van der Waals surface area contributed by atoms with E-state index in [4.69, 9.17) is 14.7 Å². The molecule has 0 aliphatic carbocycles. The maximum absolute atomic E-state index is 5.18. The van der Waals surface area contributed by atoms with Crippen molar-refractivity contribution >= 4 is 5.82 Å². The van der Waals surface area contributed by atoms with Gasteiger partial charge in [0, 0.05) is 31.3 Å². The van der Waals surface area contributed by atoms with E-state index in [1.165, 1.54) is 5.56 Å². The summed E-state index contributed by atoms with van der Waals surface area (Å²) in [4.78, 5) is 9.67. The monoisotopic (exact) mass is 379 g/mol. The molecule has 2 N–H and O–H groups in total. The van der Waals surface area contributed by atoms with E-state index in [1.54, 1.807) is 13.4 Å². The van der Waals surface area contributed by atoms with Crippen LogP contribution in [0.15, 0.2) is 36.7 Å². The van der Waals surface area contributed by atoms with Crippen LogP contribution in [0.5, 0.6) is 0 Å². The van der Waals surface area contributed by atoms with E-state index in [2.05, 4.69) is 27.8 Å². The molecule has 1 aliphatic heterocycles. The van der Waals surface area contributed by atoms with Crippen LogP contribution in [0.3, 0.4) is 0 Å². The Hall–Kier alpha value is -2.84. The predicted octanol–water partition coefficient (Wildman–Crippen LogP) is 2.20. The lowest BCUT2D eigenvalue weighted by Crippen LogP contribution is -2.27. The van der Waals surface area contributed by atoms with Gasteiger partial charge in [0.25, 0.3) is 0 Å². The third kappa shape index (κ3) is 3.88. The molecule has 1 atom stereocenters. The van der Waals surface area contributed by atoms with Gasteiger partial charge in [0.05, 0.1) is 18.3 Å². The highest BCUT2D eigenvalue weighted by Gasteiger charge is 2.21. The van der Waals surface area contributed by atoms with Gasteiger partial charge in [-0.05, 0) is 19.9 Å². The zero-order valence-electron chi connectivity index (χ0n) is 16.2. The highest BCUT2D eigenvalue weighted by atomic mass is 16.5. The Balaban J connectivity index is 1.66. The molecule has 0 bridgehead atoms. The van der Waals surface area contributed by atoms with Crippen molar-refractivity contribution in [2.45, 2.75) is 32.5 Å². The van der Waals surface area contributed by atoms with Crippen LogP contribution in [0.2, 0.25) is 0 Å². The highest BCUT2D eigenvalue weighted by Crippen LogP contribution is 2.27. The van der Waals surface area contributed by atoms with Gasteiger partial charge in [-0.2, -0.15) is 0 Å². The van der Waals surface area contributed by atoms with Gasteiger partial charge in [-0.3, -0.25) is 0 Å². The third-order valence-corrected chi connectivity index (χ3v) is 4.89. The molecule has 146 valence electrons. The summed E-state index contributed by atoms with van der Waals surface area (Å²) in [5.74, 6) is 2.47. The number of aromatic nitrogens is 5. The van der Waals surface area contributed by atoms with Crippen LogP contribution in [-0.2, 0) is 24.2 Å². The average Bonchev–Trinajstić information content (AvgIpc) is 3.21. The summed E-state index contributed by atoms with van der Waals surface area (Å²) in [6.45, 7) is 5.08. The minimum absolute atomic E-state index is 0.0446. The molecule has 0 fully saturated rings. The molecule has 0 unspecified atom stereocenters. The van der Waals surface area contributed by atoms with Crippen molar-refractivity contribution < 1.29 is 4.74 Å². The van der Waals surface area contributed by atoms with Gasteiger partial charge < -0.3 is 19.9 Å². The smallest absolute Gasteiger partial charge is 0.161 e. The van der Waals surface area contributed by atoms with Crippen LogP contribution in [0.4, 0.5) is 5.82 Å². The first-order valence-electron chi connectivity index (χ1n) is 9.55. The number of hydrogen-bond acceptors (Lipinski definition) is 7. The minimum atomic E-state index is -0.0446. The molecule has 28 heavy (non-hydrogen) atoms. The number of benzene rings is 1. The molecule has 1 aliphatic rings. The molecular formula is C20H25N7O. The standard InChI is InChI=1S/C20H25N7O/c1-14(20-26-22-13-27(20)10-11-28-2)23-19-16-8-9-21-12-17(16)24-18(25-19)15-6-4-3-5-7-15/h3-7,13-14,21H,8-12H2,1-2H3,(H,23,24,25)/t14-/m0/s1. The summed E-state index contributed by atoms with van der Waals surface area (Å²) in [6.07, 6.45) is 2.64. The fourth-order valence-corrected chi connectivity index (χ4v) is 3.43. The average molecular weight is 379 g/mol. The number of nitrogens with one attached hydrogen (secondary N) is 2. The van der Waals surface area contributed by atoms with Crippen LogP contribution in [0.1, 0.15) is 30.0 Å². The molecule has 4 rings (SSSR count). The summed E-state index contributed by atoms with van der Waals surface area (Å²) < 4.78 is 7.19.